The Bertz CT molecular complexity index is 587. The minimum atomic E-state index is -0.883. The number of aliphatic hydroxyl groups is 1. The summed E-state index contributed by atoms with van der Waals surface area (Å²) >= 11 is 0. The van der Waals surface area contributed by atoms with Gasteiger partial charge < -0.3 is 15.0 Å². The molecule has 0 fully saturated rings. The minimum Gasteiger partial charge on any atom is -0.380 e. The molecular formula is C14H14FN3O. The van der Waals surface area contributed by atoms with E-state index < -0.39 is 6.10 Å². The average molecular weight is 259 g/mol. The van der Waals surface area contributed by atoms with Crippen molar-refractivity contribution in [3.05, 3.63) is 59.9 Å². The van der Waals surface area contributed by atoms with Gasteiger partial charge in [-0.15, -0.1) is 0 Å². The molecular weight excluding hydrogens is 245 g/mol. The van der Waals surface area contributed by atoms with Crippen LogP contribution in [0.5, 0.6) is 0 Å². The Hall–Kier alpha value is -2.14. The third kappa shape index (κ3) is 2.24. The molecule has 5 heteroatoms. The Kier molecular flexibility index (Phi) is 3.05. The summed E-state index contributed by atoms with van der Waals surface area (Å²) in [6, 6.07) is 4.42. The minimum absolute atomic E-state index is 0.308. The van der Waals surface area contributed by atoms with E-state index in [1.165, 1.54) is 12.1 Å². The monoisotopic (exact) mass is 259 g/mol. The lowest BCUT2D eigenvalue weighted by Gasteiger charge is -2.23. The topological polar surface area (TPSA) is 52.2 Å². The Labute approximate surface area is 110 Å². The fraction of sp³-hybridized carbons (Fsp3) is 0.214. The van der Waals surface area contributed by atoms with Gasteiger partial charge in [0.2, 0.25) is 0 Å². The molecule has 0 saturated heterocycles. The van der Waals surface area contributed by atoms with E-state index in [1.807, 2.05) is 17.1 Å². The number of hydrogen-bond donors (Lipinski definition) is 2. The number of imidazole rings is 1. The predicted molar refractivity (Wildman–Crippen MR) is 70.4 cm³/mol. The highest BCUT2D eigenvalue weighted by atomic mass is 19.1. The number of aromatic amines is 1. The van der Waals surface area contributed by atoms with Gasteiger partial charge in [0.1, 0.15) is 17.7 Å². The van der Waals surface area contributed by atoms with E-state index >= 15 is 0 Å². The molecule has 0 spiro atoms. The third-order valence-corrected chi connectivity index (χ3v) is 3.22. The zero-order valence-corrected chi connectivity index (χ0v) is 10.3. The van der Waals surface area contributed by atoms with Crippen LogP contribution < -0.4 is 4.90 Å². The molecule has 0 radical (unpaired) electrons. The maximum atomic E-state index is 13.5. The Morgan fingerprint density at radius 1 is 1.32 bits per heavy atom. The van der Waals surface area contributed by atoms with Gasteiger partial charge in [-0.3, -0.25) is 0 Å². The van der Waals surface area contributed by atoms with E-state index in [0.29, 0.717) is 17.1 Å². The van der Waals surface area contributed by atoms with Crippen LogP contribution in [0.3, 0.4) is 0 Å². The van der Waals surface area contributed by atoms with Gasteiger partial charge in [-0.1, -0.05) is 18.2 Å². The lowest BCUT2D eigenvalue weighted by molar-refractivity contribution is 0.211. The number of anilines is 1. The summed E-state index contributed by atoms with van der Waals surface area (Å²) < 4.78 is 13.5. The van der Waals surface area contributed by atoms with Crippen molar-refractivity contribution in [3.8, 4) is 0 Å². The first-order chi connectivity index (χ1) is 9.25. The molecule has 3 rings (SSSR count). The number of benzene rings is 1. The lowest BCUT2D eigenvalue weighted by Crippen LogP contribution is -2.21. The summed E-state index contributed by atoms with van der Waals surface area (Å²) in [5.74, 6) is 0.150. The van der Waals surface area contributed by atoms with Gasteiger partial charge in [0.25, 0.3) is 0 Å². The van der Waals surface area contributed by atoms with E-state index in [0.717, 1.165) is 13.1 Å². The number of H-pyrrole nitrogens is 1. The molecule has 2 heterocycles. The highest BCUT2D eigenvalue weighted by Crippen LogP contribution is 2.31. The molecule has 0 unspecified atom stereocenters. The van der Waals surface area contributed by atoms with Crippen LogP contribution in [0.4, 0.5) is 10.1 Å². The molecule has 1 aliphatic heterocycles. The van der Waals surface area contributed by atoms with Crippen molar-refractivity contribution in [2.45, 2.75) is 6.10 Å². The normalized spacial score (nSPS) is 16.0. The number of aromatic nitrogens is 2. The zero-order valence-electron chi connectivity index (χ0n) is 10.3. The first-order valence-electron chi connectivity index (χ1n) is 6.12. The summed E-state index contributed by atoms with van der Waals surface area (Å²) in [5, 5.41) is 10.3. The van der Waals surface area contributed by atoms with Gasteiger partial charge in [-0.25, -0.2) is 9.37 Å². The van der Waals surface area contributed by atoms with Crippen LogP contribution >= 0.6 is 0 Å². The molecule has 1 atom stereocenters. The van der Waals surface area contributed by atoms with Crippen LogP contribution in [0, 0.1) is 5.82 Å². The maximum Gasteiger partial charge on any atom is 0.139 e. The van der Waals surface area contributed by atoms with Gasteiger partial charge in [0, 0.05) is 36.7 Å². The molecule has 0 saturated carbocycles. The van der Waals surface area contributed by atoms with E-state index in [1.54, 1.807) is 18.5 Å². The first-order valence-corrected chi connectivity index (χ1v) is 6.12. The molecule has 0 amide bonds. The summed E-state index contributed by atoms with van der Waals surface area (Å²) in [6.07, 6.45) is 6.39. The van der Waals surface area contributed by atoms with Crippen molar-refractivity contribution in [2.24, 2.45) is 0 Å². The second-order valence-corrected chi connectivity index (χ2v) is 4.46. The zero-order chi connectivity index (χ0) is 13.2. The number of halogens is 1. The quantitative estimate of drug-likeness (QED) is 0.829. The maximum absolute atomic E-state index is 13.5. The summed E-state index contributed by atoms with van der Waals surface area (Å²) in [6.45, 7) is 1.45. The van der Waals surface area contributed by atoms with Gasteiger partial charge >= 0.3 is 0 Å². The van der Waals surface area contributed by atoms with Gasteiger partial charge in [-0.05, 0) is 12.1 Å². The van der Waals surface area contributed by atoms with Gasteiger partial charge in [-0.2, -0.15) is 0 Å². The van der Waals surface area contributed by atoms with Gasteiger partial charge in [0.15, 0.2) is 0 Å². The van der Waals surface area contributed by atoms with Crippen molar-refractivity contribution < 1.29 is 9.50 Å². The molecule has 2 N–H and O–H groups in total. The predicted octanol–water partition coefficient (Wildman–Crippen LogP) is 2.01. The fourth-order valence-electron chi connectivity index (χ4n) is 2.27. The fourth-order valence-corrected chi connectivity index (χ4v) is 2.27. The third-order valence-electron chi connectivity index (χ3n) is 3.22. The van der Waals surface area contributed by atoms with Crippen molar-refractivity contribution >= 4 is 5.69 Å². The number of nitrogens with zero attached hydrogens (tertiary/aromatic N) is 2. The SMILES string of the molecule is O[C@H](c1ncc[nH]1)c1ccc(F)cc1N1CC=CC1. The number of hydrogen-bond acceptors (Lipinski definition) is 3. The van der Waals surface area contributed by atoms with Crippen molar-refractivity contribution in [1.29, 1.82) is 0 Å². The van der Waals surface area contributed by atoms with Crippen LogP contribution in [0.2, 0.25) is 0 Å². The number of nitrogens with one attached hydrogen (secondary N) is 1. The molecule has 4 nitrogen and oxygen atoms in total. The number of rotatable bonds is 3. The summed E-state index contributed by atoms with van der Waals surface area (Å²) in [7, 11) is 0. The highest BCUT2D eigenvalue weighted by Gasteiger charge is 2.21. The molecule has 0 aliphatic carbocycles. The molecule has 19 heavy (non-hydrogen) atoms. The van der Waals surface area contributed by atoms with Crippen molar-refractivity contribution in [1.82, 2.24) is 9.97 Å². The second kappa shape index (κ2) is 4.85. The first kappa shape index (κ1) is 11.9. The van der Waals surface area contributed by atoms with Gasteiger partial charge in [0.05, 0.1) is 0 Å². The highest BCUT2D eigenvalue weighted by molar-refractivity contribution is 5.58. The molecule has 1 aromatic heterocycles. The van der Waals surface area contributed by atoms with E-state index in [4.69, 9.17) is 0 Å². The number of aliphatic hydroxyl groups excluding tert-OH is 1. The largest absolute Gasteiger partial charge is 0.380 e. The van der Waals surface area contributed by atoms with Crippen molar-refractivity contribution in [2.75, 3.05) is 18.0 Å². The Morgan fingerprint density at radius 3 is 2.79 bits per heavy atom. The molecule has 1 aromatic carbocycles. The standard InChI is InChI=1S/C14H14FN3O/c15-10-3-4-11(13(19)14-16-5-6-17-14)12(9-10)18-7-1-2-8-18/h1-6,9,13,19H,7-8H2,(H,16,17)/t13-/m0/s1. The molecule has 1 aliphatic rings. The molecule has 98 valence electrons. The second-order valence-electron chi connectivity index (χ2n) is 4.46. The van der Waals surface area contributed by atoms with Crippen LogP contribution in [0.25, 0.3) is 0 Å². The molecule has 0 bridgehead atoms. The average Bonchev–Trinajstić information content (AvgIpc) is 3.11. The van der Waals surface area contributed by atoms with Crippen LogP contribution in [-0.2, 0) is 0 Å². The Balaban J connectivity index is 2.00. The van der Waals surface area contributed by atoms with E-state index in [9.17, 15) is 9.50 Å². The molecule has 2 aromatic rings. The smallest absolute Gasteiger partial charge is 0.139 e. The van der Waals surface area contributed by atoms with Crippen LogP contribution in [-0.4, -0.2) is 28.2 Å². The van der Waals surface area contributed by atoms with Crippen molar-refractivity contribution in [3.63, 3.8) is 0 Å². The lowest BCUT2D eigenvalue weighted by atomic mass is 10.1. The Morgan fingerprint density at radius 2 is 2.11 bits per heavy atom. The van der Waals surface area contributed by atoms with E-state index in [2.05, 4.69) is 9.97 Å². The summed E-state index contributed by atoms with van der Waals surface area (Å²) in [4.78, 5) is 8.93. The van der Waals surface area contributed by atoms with E-state index in [-0.39, 0.29) is 5.82 Å². The van der Waals surface area contributed by atoms with Crippen LogP contribution in [0.15, 0.2) is 42.7 Å². The summed E-state index contributed by atoms with van der Waals surface area (Å²) in [5.41, 5.74) is 1.36. The van der Waals surface area contributed by atoms with Crippen LogP contribution in [0.1, 0.15) is 17.5 Å².